The molecule has 5 heteroatoms. The van der Waals surface area contributed by atoms with Gasteiger partial charge in [-0.15, -0.1) is 0 Å². The van der Waals surface area contributed by atoms with E-state index in [1.54, 1.807) is 11.8 Å². The van der Waals surface area contributed by atoms with Gasteiger partial charge in [0.05, 0.1) is 19.3 Å². The van der Waals surface area contributed by atoms with E-state index in [2.05, 4.69) is 28.9 Å². The number of hydrogen-bond donors (Lipinski definition) is 0. The van der Waals surface area contributed by atoms with E-state index in [0.717, 1.165) is 17.0 Å². The van der Waals surface area contributed by atoms with Gasteiger partial charge in [0.2, 0.25) is 0 Å². The van der Waals surface area contributed by atoms with Gasteiger partial charge in [-0.05, 0) is 6.92 Å². The molecule has 0 amide bonds. The number of ether oxygens (including phenoxy) is 1. The number of carbonyl (C=O) groups is 1. The number of methoxy groups -OCH3 is 1. The topological polar surface area (TPSA) is 52.3 Å². The second-order valence-electron chi connectivity index (χ2n) is 4.95. The highest BCUT2D eigenvalue weighted by Gasteiger charge is 2.12. The lowest BCUT2D eigenvalue weighted by Crippen LogP contribution is -2.08. The zero-order valence-electron chi connectivity index (χ0n) is 12.5. The van der Waals surface area contributed by atoms with Gasteiger partial charge in [0.25, 0.3) is 0 Å². The Morgan fingerprint density at radius 2 is 2.10 bits per heavy atom. The first kappa shape index (κ1) is 15.6. The summed E-state index contributed by atoms with van der Waals surface area (Å²) in [5.41, 5.74) is 3.10. The molecule has 1 aromatic heterocycles. The molecule has 0 N–H and O–H groups in total. The highest BCUT2D eigenvalue weighted by Crippen LogP contribution is 2.24. The summed E-state index contributed by atoms with van der Waals surface area (Å²) >= 11 is 1.65. The van der Waals surface area contributed by atoms with Crippen LogP contribution in [0.1, 0.15) is 24.7 Å². The summed E-state index contributed by atoms with van der Waals surface area (Å²) in [7, 11) is 1.41. The maximum Gasteiger partial charge on any atom is 0.306 e. The molecule has 0 fully saturated rings. The van der Waals surface area contributed by atoms with Crippen molar-refractivity contribution in [2.75, 3.05) is 7.11 Å². The molecule has 1 aromatic carbocycles. The van der Waals surface area contributed by atoms with Crippen molar-refractivity contribution in [3.63, 3.8) is 0 Å². The highest BCUT2D eigenvalue weighted by molar-refractivity contribution is 7.99. The van der Waals surface area contributed by atoms with Crippen LogP contribution in [0.25, 0.3) is 11.3 Å². The molecule has 2 aromatic rings. The van der Waals surface area contributed by atoms with Crippen LogP contribution < -0.4 is 0 Å². The van der Waals surface area contributed by atoms with Crippen molar-refractivity contribution in [3.8, 4) is 11.3 Å². The average Bonchev–Trinajstić information content (AvgIpc) is 2.94. The molecule has 1 atom stereocenters. The molecule has 0 spiro atoms. The van der Waals surface area contributed by atoms with E-state index in [0.29, 0.717) is 12.2 Å². The Morgan fingerprint density at radius 3 is 2.76 bits per heavy atom. The lowest BCUT2D eigenvalue weighted by molar-refractivity contribution is -0.140. The molecule has 0 aliphatic rings. The van der Waals surface area contributed by atoms with Crippen LogP contribution in [-0.4, -0.2) is 23.5 Å². The van der Waals surface area contributed by atoms with Gasteiger partial charge in [0.1, 0.15) is 11.5 Å². The number of rotatable bonds is 6. The van der Waals surface area contributed by atoms with Gasteiger partial charge in [0, 0.05) is 16.9 Å². The fourth-order valence-electron chi connectivity index (χ4n) is 1.84. The molecular weight excluding hydrogens is 286 g/mol. The number of aromatic nitrogens is 1. The summed E-state index contributed by atoms with van der Waals surface area (Å²) in [4.78, 5) is 11.2. The van der Waals surface area contributed by atoms with Crippen LogP contribution in [0.2, 0.25) is 0 Å². The lowest BCUT2D eigenvalue weighted by Gasteiger charge is -2.07. The minimum absolute atomic E-state index is 0.186. The first-order valence-electron chi connectivity index (χ1n) is 6.79. The first-order chi connectivity index (χ1) is 10.1. The lowest BCUT2D eigenvalue weighted by atomic mass is 10.1. The molecule has 1 heterocycles. The minimum Gasteiger partial charge on any atom is -0.469 e. The zero-order chi connectivity index (χ0) is 15.2. The Bertz CT molecular complexity index is 592. The molecule has 0 aliphatic carbocycles. The third-order valence-corrected chi connectivity index (χ3v) is 4.29. The maximum atomic E-state index is 11.2. The highest BCUT2D eigenvalue weighted by atomic mass is 32.2. The SMILES string of the molecule is COC(=O)CC(C)SCc1cc(-c2ccc(C)cc2)no1. The van der Waals surface area contributed by atoms with Gasteiger partial charge in [0.15, 0.2) is 0 Å². The first-order valence-corrected chi connectivity index (χ1v) is 7.84. The van der Waals surface area contributed by atoms with Gasteiger partial charge in [-0.3, -0.25) is 4.79 Å². The molecule has 0 bridgehead atoms. The maximum absolute atomic E-state index is 11.2. The van der Waals surface area contributed by atoms with Crippen LogP contribution in [0, 0.1) is 6.92 Å². The van der Waals surface area contributed by atoms with Crippen LogP contribution in [0.3, 0.4) is 0 Å². The van der Waals surface area contributed by atoms with E-state index in [9.17, 15) is 4.79 Å². The average molecular weight is 305 g/mol. The van der Waals surface area contributed by atoms with Gasteiger partial charge >= 0.3 is 5.97 Å². The Kier molecular flexibility index (Phi) is 5.44. The summed E-state index contributed by atoms with van der Waals surface area (Å²) in [5, 5.41) is 4.28. The van der Waals surface area contributed by atoms with Gasteiger partial charge in [-0.1, -0.05) is 41.9 Å². The third-order valence-electron chi connectivity index (χ3n) is 3.10. The van der Waals surface area contributed by atoms with Crippen molar-refractivity contribution >= 4 is 17.7 Å². The van der Waals surface area contributed by atoms with Crippen molar-refractivity contribution in [1.29, 1.82) is 0 Å². The summed E-state index contributed by atoms with van der Waals surface area (Å²) in [6, 6.07) is 10.1. The predicted octanol–water partition coefficient (Wildman–Crippen LogP) is 3.83. The second-order valence-corrected chi connectivity index (χ2v) is 6.37. The van der Waals surface area contributed by atoms with Crippen molar-refractivity contribution in [1.82, 2.24) is 5.16 Å². The largest absolute Gasteiger partial charge is 0.469 e. The molecule has 4 nitrogen and oxygen atoms in total. The van der Waals surface area contributed by atoms with Crippen LogP contribution in [0.4, 0.5) is 0 Å². The number of hydrogen-bond acceptors (Lipinski definition) is 5. The number of thioether (sulfide) groups is 1. The van der Waals surface area contributed by atoms with E-state index < -0.39 is 0 Å². The smallest absolute Gasteiger partial charge is 0.306 e. The number of esters is 1. The van der Waals surface area contributed by atoms with E-state index in [1.165, 1.54) is 12.7 Å². The van der Waals surface area contributed by atoms with Crippen molar-refractivity contribution in [3.05, 3.63) is 41.7 Å². The second kappa shape index (κ2) is 7.31. The van der Waals surface area contributed by atoms with Crippen LogP contribution in [0.5, 0.6) is 0 Å². The normalized spacial score (nSPS) is 12.1. The quantitative estimate of drug-likeness (QED) is 0.759. The van der Waals surface area contributed by atoms with E-state index in [4.69, 9.17) is 4.52 Å². The van der Waals surface area contributed by atoms with E-state index in [1.807, 2.05) is 25.1 Å². The molecule has 21 heavy (non-hydrogen) atoms. The number of aryl methyl sites for hydroxylation is 1. The predicted molar refractivity (Wildman–Crippen MR) is 84.1 cm³/mol. The molecule has 0 saturated carbocycles. The number of carbonyl (C=O) groups excluding carboxylic acids is 1. The molecule has 2 rings (SSSR count). The fourth-order valence-corrected chi connectivity index (χ4v) is 2.68. The molecule has 0 saturated heterocycles. The fraction of sp³-hybridized carbons (Fsp3) is 0.375. The Balaban J connectivity index is 1.91. The Labute approximate surface area is 128 Å². The minimum atomic E-state index is -0.187. The number of nitrogens with zero attached hydrogens (tertiary/aromatic N) is 1. The molecule has 1 unspecified atom stereocenters. The van der Waals surface area contributed by atoms with Crippen LogP contribution >= 0.6 is 11.8 Å². The van der Waals surface area contributed by atoms with Crippen molar-refractivity contribution < 1.29 is 14.1 Å². The molecule has 0 radical (unpaired) electrons. The Hall–Kier alpha value is -1.75. The summed E-state index contributed by atoms with van der Waals surface area (Å²) in [6.45, 7) is 4.05. The summed E-state index contributed by atoms with van der Waals surface area (Å²) in [5.74, 6) is 1.32. The van der Waals surface area contributed by atoms with Gasteiger partial charge in [-0.25, -0.2) is 0 Å². The monoisotopic (exact) mass is 305 g/mol. The van der Waals surface area contributed by atoms with Crippen LogP contribution in [0.15, 0.2) is 34.9 Å². The zero-order valence-corrected chi connectivity index (χ0v) is 13.3. The van der Waals surface area contributed by atoms with Gasteiger partial charge in [-0.2, -0.15) is 11.8 Å². The van der Waals surface area contributed by atoms with Crippen molar-refractivity contribution in [2.45, 2.75) is 31.3 Å². The standard InChI is InChI=1S/C16H19NO3S/c1-11-4-6-13(7-5-11)15-9-14(20-17-15)10-21-12(2)8-16(18)19-3/h4-7,9,12H,8,10H2,1-3H3. The van der Waals surface area contributed by atoms with Crippen molar-refractivity contribution in [2.24, 2.45) is 0 Å². The third kappa shape index (κ3) is 4.63. The number of benzene rings is 1. The van der Waals surface area contributed by atoms with E-state index in [-0.39, 0.29) is 11.2 Å². The van der Waals surface area contributed by atoms with Crippen LogP contribution in [-0.2, 0) is 15.3 Å². The molecule has 112 valence electrons. The van der Waals surface area contributed by atoms with E-state index >= 15 is 0 Å². The van der Waals surface area contributed by atoms with Gasteiger partial charge < -0.3 is 9.26 Å². The Morgan fingerprint density at radius 1 is 1.38 bits per heavy atom. The molecular formula is C16H19NO3S. The molecule has 0 aliphatic heterocycles. The summed E-state index contributed by atoms with van der Waals surface area (Å²) < 4.78 is 10.0. The summed E-state index contributed by atoms with van der Waals surface area (Å²) in [6.07, 6.45) is 0.403.